The molecular weight excluding hydrogens is 673 g/mol. The summed E-state index contributed by atoms with van der Waals surface area (Å²) in [5.41, 5.74) is 3.54. The van der Waals surface area contributed by atoms with E-state index in [0.29, 0.717) is 6.42 Å². The summed E-state index contributed by atoms with van der Waals surface area (Å²) in [6.07, 6.45) is -17.8. The molecule has 0 aromatic heterocycles. The van der Waals surface area contributed by atoms with Crippen LogP contribution < -0.4 is 16.4 Å². The zero-order valence-corrected chi connectivity index (χ0v) is 27.4. The second-order valence-corrected chi connectivity index (χ2v) is 13.2. The summed E-state index contributed by atoms with van der Waals surface area (Å²) in [6.45, 7) is 0.736. The Morgan fingerprint density at radius 2 is 1.25 bits per heavy atom. The van der Waals surface area contributed by atoms with Gasteiger partial charge < -0.3 is 81.1 Å². The Bertz CT molecular complexity index is 1090. The van der Waals surface area contributed by atoms with Crippen molar-refractivity contribution in [1.82, 2.24) is 10.6 Å². The number of quaternary nitrogens is 1. The molecule has 0 radical (unpaired) electrons. The minimum Gasteiger partial charge on any atom is -0.394 e. The fraction of sp³-hybridized carbons (Fsp3) is 0.923. The van der Waals surface area contributed by atoms with Gasteiger partial charge >= 0.3 is 7.82 Å². The van der Waals surface area contributed by atoms with E-state index in [-0.39, 0.29) is 6.42 Å². The van der Waals surface area contributed by atoms with Gasteiger partial charge in [-0.15, -0.1) is 0 Å². The van der Waals surface area contributed by atoms with Crippen LogP contribution in [0.5, 0.6) is 0 Å². The minimum atomic E-state index is -5.32. The predicted octanol–water partition coefficient (Wildman–Crippen LogP) is -6.36. The molecule has 2 amide bonds. The minimum absolute atomic E-state index is 0.0910. The monoisotopic (exact) mass is 722 g/mol. The van der Waals surface area contributed by atoms with Crippen LogP contribution in [0, 0.1) is 0 Å². The van der Waals surface area contributed by atoms with Gasteiger partial charge in [-0.1, -0.05) is 19.8 Å². The first-order valence-electron chi connectivity index (χ1n) is 15.5. The van der Waals surface area contributed by atoms with E-state index in [4.69, 9.17) is 28.0 Å². The number of ether oxygens (including phenoxy) is 4. The van der Waals surface area contributed by atoms with Crippen molar-refractivity contribution in [2.24, 2.45) is 0 Å². The van der Waals surface area contributed by atoms with E-state index in [9.17, 15) is 59.9 Å². The fourth-order valence-electron chi connectivity index (χ4n) is 5.44. The number of carbonyl (C=O) groups is 2. The van der Waals surface area contributed by atoms with Gasteiger partial charge in [0.25, 0.3) is 0 Å². The largest absolute Gasteiger partial charge is 0.477 e. The van der Waals surface area contributed by atoms with Crippen molar-refractivity contribution in [1.29, 1.82) is 0 Å². The normalized spacial score (nSPS) is 41.7. The predicted molar refractivity (Wildman–Crippen MR) is 154 cm³/mol. The molecule has 0 aliphatic carbocycles. The third-order valence-electron chi connectivity index (χ3n) is 8.19. The summed E-state index contributed by atoms with van der Waals surface area (Å²) in [7, 11) is -5.32. The molecular formula is C26H49N3O18P+. The van der Waals surface area contributed by atoms with Crippen molar-refractivity contribution in [2.45, 2.75) is 131 Å². The number of unbranched alkanes of at least 4 members (excludes halogenated alkanes) is 2. The third kappa shape index (κ3) is 10.3. The van der Waals surface area contributed by atoms with E-state index in [2.05, 4.69) is 16.4 Å². The van der Waals surface area contributed by atoms with Gasteiger partial charge in [-0.2, -0.15) is 0 Å². The Morgan fingerprint density at radius 3 is 1.81 bits per heavy atom. The molecule has 3 aliphatic rings. The van der Waals surface area contributed by atoms with Gasteiger partial charge in [-0.3, -0.25) is 14.1 Å². The number of amides is 2. The molecule has 0 bridgehead atoms. The van der Waals surface area contributed by atoms with Crippen molar-refractivity contribution < 1.29 is 93.6 Å². The molecule has 0 aromatic carbocycles. The van der Waals surface area contributed by atoms with Crippen LogP contribution in [0.4, 0.5) is 0 Å². The van der Waals surface area contributed by atoms with Crippen molar-refractivity contribution in [3.05, 3.63) is 0 Å². The number of hydrogen-bond donors (Lipinski definition) is 12. The van der Waals surface area contributed by atoms with Crippen LogP contribution in [0.1, 0.15) is 39.5 Å². The first-order chi connectivity index (χ1) is 22.5. The lowest BCUT2D eigenvalue weighted by molar-refractivity contribution is -0.495. The second kappa shape index (κ2) is 18.1. The van der Waals surface area contributed by atoms with Crippen molar-refractivity contribution in [2.75, 3.05) is 19.8 Å². The summed E-state index contributed by atoms with van der Waals surface area (Å²) in [5.74, 6) is -1.26. The first-order valence-corrected chi connectivity index (χ1v) is 17.0. The fourth-order valence-corrected chi connectivity index (χ4v) is 6.40. The SMILES string of the molecule is CCCCCC(=O)N[C@H]1[C@H](OC[C@H]2O[C@H](OP(=O)(O)O[C@H]3O[C@H](CO)[C@H](O)[C@H](O)[C@H]3[NH3+])[C@H](NC(C)=O)[C@@H](O)[C@@H]2O)O[C@H](CO)[C@@H](O)[C@@H]1O. The molecule has 22 heteroatoms. The van der Waals surface area contributed by atoms with Crippen LogP contribution in [0.3, 0.4) is 0 Å². The van der Waals surface area contributed by atoms with Crippen LogP contribution in [0.25, 0.3) is 0 Å². The van der Waals surface area contributed by atoms with Crippen LogP contribution in [0.15, 0.2) is 0 Å². The Balaban J connectivity index is 1.77. The highest BCUT2D eigenvalue weighted by Gasteiger charge is 2.52. The zero-order chi connectivity index (χ0) is 35.9. The molecule has 3 aliphatic heterocycles. The van der Waals surface area contributed by atoms with Crippen LogP contribution in [-0.2, 0) is 42.1 Å². The lowest BCUT2D eigenvalue weighted by Gasteiger charge is -2.45. The number of aliphatic hydroxyl groups is 8. The smallest absolute Gasteiger partial charge is 0.394 e. The van der Waals surface area contributed by atoms with E-state index in [1.165, 1.54) is 0 Å². The quantitative estimate of drug-likeness (QED) is 0.0552. The van der Waals surface area contributed by atoms with Gasteiger partial charge in [-0.05, 0) is 6.42 Å². The number of phosphoric ester groups is 1. The van der Waals surface area contributed by atoms with Crippen molar-refractivity contribution >= 4 is 19.6 Å². The number of phosphoric acid groups is 1. The Labute approximate surface area is 275 Å². The van der Waals surface area contributed by atoms with Gasteiger partial charge in [-0.25, -0.2) is 9.09 Å². The maximum atomic E-state index is 13.1. The van der Waals surface area contributed by atoms with Crippen LogP contribution in [-0.4, -0.2) is 169 Å². The number of nitrogens with one attached hydrogen (secondary N) is 2. The van der Waals surface area contributed by atoms with Crippen molar-refractivity contribution in [3.8, 4) is 0 Å². The summed E-state index contributed by atoms with van der Waals surface area (Å²) in [4.78, 5) is 35.0. The molecule has 280 valence electrons. The van der Waals surface area contributed by atoms with E-state index >= 15 is 0 Å². The Morgan fingerprint density at radius 1 is 0.750 bits per heavy atom. The molecule has 3 fully saturated rings. The molecule has 0 aromatic rings. The molecule has 0 saturated carbocycles. The highest BCUT2D eigenvalue weighted by molar-refractivity contribution is 7.47. The summed E-state index contributed by atoms with van der Waals surface area (Å²) >= 11 is 0. The molecule has 48 heavy (non-hydrogen) atoms. The summed E-state index contributed by atoms with van der Waals surface area (Å²) in [5, 5.41) is 86.8. The van der Waals surface area contributed by atoms with E-state index in [1.54, 1.807) is 0 Å². The highest BCUT2D eigenvalue weighted by atomic mass is 31.2. The third-order valence-corrected chi connectivity index (χ3v) is 9.14. The average Bonchev–Trinajstić information content (AvgIpc) is 3.03. The van der Waals surface area contributed by atoms with Crippen molar-refractivity contribution in [3.63, 3.8) is 0 Å². The first kappa shape index (κ1) is 41.0. The van der Waals surface area contributed by atoms with Crippen LogP contribution >= 0.6 is 7.82 Å². The summed E-state index contributed by atoms with van der Waals surface area (Å²) in [6, 6.07) is -4.39. The Hall–Kier alpha value is -1.47. The van der Waals surface area contributed by atoms with Crippen LogP contribution in [0.2, 0.25) is 0 Å². The van der Waals surface area contributed by atoms with E-state index < -0.39 is 131 Å². The molecule has 21 nitrogen and oxygen atoms in total. The molecule has 0 spiro atoms. The topological polar surface area (TPSA) is 340 Å². The Kier molecular flexibility index (Phi) is 15.5. The maximum absolute atomic E-state index is 13.1. The lowest BCUT2D eigenvalue weighted by Crippen LogP contribution is -2.78. The standard InChI is InChI=1S/C26H48N3O18P/c1-3-4-5-6-14(33)29-16-22(38)19(35)12(8-31)44-25(16)42-9-13-20(36)23(39)17(28-10(2)32)26(45-13)47-48(40,41)46-24-15(27)21(37)18(34)11(7-30)43-24/h11-13,15-26,30-31,34-39H,3-9,27H2,1-2H3,(H,28,32)(H,29,33)(H,40,41)/p+1/t11-,12-,13-,15-,16-,17-,18+,19-,20-,21-,22-,23-,24-,25-,26-/m1/s1. The van der Waals surface area contributed by atoms with Gasteiger partial charge in [0.15, 0.2) is 18.6 Å². The number of hydrogen-bond acceptors (Lipinski definition) is 17. The van der Waals surface area contributed by atoms with Gasteiger partial charge in [0.2, 0.25) is 18.1 Å². The van der Waals surface area contributed by atoms with E-state index in [1.807, 2.05) is 6.92 Å². The second-order valence-electron chi connectivity index (χ2n) is 11.9. The number of aliphatic hydroxyl groups excluding tert-OH is 8. The molecule has 16 atom stereocenters. The molecule has 14 N–H and O–H groups in total. The van der Waals surface area contributed by atoms with E-state index in [0.717, 1.165) is 19.8 Å². The highest BCUT2D eigenvalue weighted by Crippen LogP contribution is 2.49. The van der Waals surface area contributed by atoms with Gasteiger partial charge in [0, 0.05) is 13.3 Å². The molecule has 3 rings (SSSR count). The summed E-state index contributed by atoms with van der Waals surface area (Å²) < 4.78 is 45.3. The number of rotatable bonds is 15. The zero-order valence-electron chi connectivity index (χ0n) is 26.5. The lowest BCUT2D eigenvalue weighted by atomic mass is 9.96. The number of carbonyl (C=O) groups excluding carboxylic acids is 2. The van der Waals surface area contributed by atoms with Gasteiger partial charge in [0.1, 0.15) is 67.0 Å². The molecule has 3 saturated heterocycles. The van der Waals surface area contributed by atoms with Gasteiger partial charge in [0.05, 0.1) is 19.8 Å². The molecule has 3 heterocycles. The maximum Gasteiger partial charge on any atom is 0.477 e. The molecule has 1 unspecified atom stereocenters. The average molecular weight is 723 g/mol.